The van der Waals surface area contributed by atoms with Crippen molar-refractivity contribution in [2.75, 3.05) is 4.90 Å². The first-order chi connectivity index (χ1) is 13.6. The second-order valence-electron chi connectivity index (χ2n) is 8.25. The Bertz CT molecular complexity index is 962. The lowest BCUT2D eigenvalue weighted by molar-refractivity contribution is -0.122. The van der Waals surface area contributed by atoms with E-state index in [-0.39, 0.29) is 18.6 Å². The Labute approximate surface area is 169 Å². The first-order valence-electron chi connectivity index (χ1n) is 9.49. The number of ether oxygens (including phenoxy) is 1. The fourth-order valence-electron chi connectivity index (χ4n) is 3.70. The highest BCUT2D eigenvalue weighted by atomic mass is 19.1. The first kappa shape index (κ1) is 20.7. The van der Waals surface area contributed by atoms with Crippen LogP contribution in [0.5, 0.6) is 0 Å². The first-order valence-corrected chi connectivity index (χ1v) is 9.49. The third-order valence-corrected chi connectivity index (χ3v) is 4.94. The summed E-state index contributed by atoms with van der Waals surface area (Å²) in [5, 5.41) is 0. The fraction of sp³-hybridized carbons (Fsp3) is 0.348. The second-order valence-corrected chi connectivity index (χ2v) is 8.25. The molecule has 1 aliphatic rings. The minimum absolute atomic E-state index is 0.0764. The zero-order chi connectivity index (χ0) is 21.4. The van der Waals surface area contributed by atoms with E-state index in [0.717, 1.165) is 4.90 Å². The molecule has 29 heavy (non-hydrogen) atoms. The topological polar surface area (TPSA) is 63.7 Å². The van der Waals surface area contributed by atoms with Gasteiger partial charge in [0.05, 0.1) is 5.69 Å². The van der Waals surface area contributed by atoms with Crippen molar-refractivity contribution >= 4 is 23.5 Å². The maximum Gasteiger partial charge on any atom is 0.421 e. The highest BCUT2D eigenvalue weighted by Crippen LogP contribution is 2.49. The van der Waals surface area contributed by atoms with Crippen molar-refractivity contribution in [3.63, 3.8) is 0 Å². The number of fused-ring (bicyclic) bond motifs is 1. The summed E-state index contributed by atoms with van der Waals surface area (Å²) in [4.78, 5) is 39.4. The number of ketones is 1. The van der Waals surface area contributed by atoms with E-state index in [0.29, 0.717) is 16.8 Å². The van der Waals surface area contributed by atoms with Crippen LogP contribution >= 0.6 is 0 Å². The standard InChI is InChI=1S/C23H24FNO4/c1-15(26)13-14-23(16-9-11-17(24)12-10-16)18-7-5-6-8-19(18)25(20(23)27)21(28)29-22(2,3)4/h5-12H,13-14H2,1-4H3/t23-/m0/s1. The van der Waals surface area contributed by atoms with E-state index in [2.05, 4.69) is 0 Å². The van der Waals surface area contributed by atoms with Crippen LogP contribution in [-0.4, -0.2) is 23.4 Å². The predicted octanol–water partition coefficient (Wildman–Crippen LogP) is 4.76. The molecule has 5 nitrogen and oxygen atoms in total. The summed E-state index contributed by atoms with van der Waals surface area (Å²) in [6.45, 7) is 6.62. The molecule has 0 N–H and O–H groups in total. The third kappa shape index (κ3) is 3.79. The normalized spacial score (nSPS) is 18.5. The molecule has 1 aliphatic heterocycles. The molecule has 152 valence electrons. The van der Waals surface area contributed by atoms with Gasteiger partial charge in [-0.25, -0.2) is 14.1 Å². The maximum atomic E-state index is 13.7. The molecular formula is C23H24FNO4. The van der Waals surface area contributed by atoms with Crippen LogP contribution in [0.4, 0.5) is 14.9 Å². The Kier molecular flexibility index (Phi) is 5.30. The molecule has 6 heteroatoms. The van der Waals surface area contributed by atoms with Crippen LogP contribution in [-0.2, 0) is 19.7 Å². The van der Waals surface area contributed by atoms with Gasteiger partial charge in [0.15, 0.2) is 0 Å². The van der Waals surface area contributed by atoms with Gasteiger partial charge in [-0.3, -0.25) is 4.79 Å². The molecule has 0 aliphatic carbocycles. The van der Waals surface area contributed by atoms with Crippen molar-refractivity contribution in [2.24, 2.45) is 0 Å². The smallest absolute Gasteiger partial charge is 0.421 e. The van der Waals surface area contributed by atoms with Crippen LogP contribution in [0.2, 0.25) is 0 Å². The van der Waals surface area contributed by atoms with Crippen molar-refractivity contribution in [3.8, 4) is 0 Å². The minimum atomic E-state index is -1.27. The van der Waals surface area contributed by atoms with Gasteiger partial charge in [0, 0.05) is 6.42 Å². The summed E-state index contributed by atoms with van der Waals surface area (Å²) in [6, 6.07) is 12.6. The molecule has 0 fully saturated rings. The van der Waals surface area contributed by atoms with E-state index in [1.165, 1.54) is 31.2 Å². The number of para-hydroxylation sites is 1. The van der Waals surface area contributed by atoms with Crippen LogP contribution in [0.1, 0.15) is 51.7 Å². The number of Topliss-reactive ketones (excluding diaryl/α,β-unsaturated/α-hetero) is 1. The van der Waals surface area contributed by atoms with Gasteiger partial charge >= 0.3 is 6.09 Å². The quantitative estimate of drug-likeness (QED) is 0.746. The molecule has 1 atom stereocenters. The van der Waals surface area contributed by atoms with Gasteiger partial charge in [-0.2, -0.15) is 0 Å². The molecule has 0 unspecified atom stereocenters. The molecule has 3 rings (SSSR count). The summed E-state index contributed by atoms with van der Waals surface area (Å²) < 4.78 is 19.0. The summed E-state index contributed by atoms with van der Waals surface area (Å²) in [5.74, 6) is -1.01. The number of hydrogen-bond acceptors (Lipinski definition) is 4. The van der Waals surface area contributed by atoms with E-state index < -0.39 is 28.8 Å². The van der Waals surface area contributed by atoms with E-state index >= 15 is 0 Å². The summed E-state index contributed by atoms with van der Waals surface area (Å²) in [7, 11) is 0. The molecule has 0 saturated carbocycles. The SMILES string of the molecule is CC(=O)CC[C@@]1(c2ccc(F)cc2)C(=O)N(C(=O)OC(C)(C)C)c2ccccc21. The van der Waals surface area contributed by atoms with Crippen LogP contribution < -0.4 is 4.90 Å². The molecule has 0 radical (unpaired) electrons. The number of imide groups is 1. The lowest BCUT2D eigenvalue weighted by Crippen LogP contribution is -2.46. The Hall–Kier alpha value is -3.02. The van der Waals surface area contributed by atoms with E-state index in [1.54, 1.807) is 45.0 Å². The van der Waals surface area contributed by atoms with Crippen molar-refractivity contribution < 1.29 is 23.5 Å². The van der Waals surface area contributed by atoms with Crippen LogP contribution in [0.3, 0.4) is 0 Å². The molecule has 2 aromatic carbocycles. The number of nitrogens with zero attached hydrogens (tertiary/aromatic N) is 1. The molecule has 2 amide bonds. The lowest BCUT2D eigenvalue weighted by Gasteiger charge is -2.29. The van der Waals surface area contributed by atoms with Crippen molar-refractivity contribution in [3.05, 3.63) is 65.5 Å². The average Bonchev–Trinajstić information content (AvgIpc) is 2.88. The number of hydrogen-bond donors (Lipinski definition) is 0. The predicted molar refractivity (Wildman–Crippen MR) is 107 cm³/mol. The average molecular weight is 397 g/mol. The monoisotopic (exact) mass is 397 g/mol. The Morgan fingerprint density at radius 1 is 1.07 bits per heavy atom. The van der Waals surface area contributed by atoms with Gasteiger partial charge in [-0.15, -0.1) is 0 Å². The lowest BCUT2D eigenvalue weighted by atomic mass is 9.72. The van der Waals surface area contributed by atoms with E-state index in [1.807, 2.05) is 0 Å². The summed E-state index contributed by atoms with van der Waals surface area (Å²) >= 11 is 0. The molecule has 0 aromatic heterocycles. The van der Waals surface area contributed by atoms with Gasteiger partial charge in [0.25, 0.3) is 5.91 Å². The second kappa shape index (κ2) is 7.43. The largest absolute Gasteiger partial charge is 0.443 e. The fourth-order valence-corrected chi connectivity index (χ4v) is 3.70. The van der Waals surface area contributed by atoms with Crippen LogP contribution in [0, 0.1) is 5.82 Å². The number of carbonyl (C=O) groups excluding carboxylic acids is 3. The van der Waals surface area contributed by atoms with Gasteiger partial charge in [0.1, 0.15) is 22.6 Å². The molecule has 0 spiro atoms. The van der Waals surface area contributed by atoms with Crippen LogP contribution in [0.15, 0.2) is 48.5 Å². The number of rotatable bonds is 4. The summed E-state index contributed by atoms with van der Waals surface area (Å²) in [6.07, 6.45) is -0.468. The van der Waals surface area contributed by atoms with Gasteiger partial charge in [0.2, 0.25) is 0 Å². The van der Waals surface area contributed by atoms with Crippen molar-refractivity contribution in [2.45, 2.75) is 51.6 Å². The number of halogens is 1. The molecular weight excluding hydrogens is 373 g/mol. The number of carbonyl (C=O) groups is 3. The van der Waals surface area contributed by atoms with Crippen molar-refractivity contribution in [1.29, 1.82) is 0 Å². The highest BCUT2D eigenvalue weighted by Gasteiger charge is 2.54. The molecule has 0 bridgehead atoms. The molecule has 1 heterocycles. The molecule has 0 saturated heterocycles. The number of amides is 2. The maximum absolute atomic E-state index is 13.7. The third-order valence-electron chi connectivity index (χ3n) is 4.94. The van der Waals surface area contributed by atoms with Gasteiger partial charge in [-0.05, 0) is 63.4 Å². The zero-order valence-electron chi connectivity index (χ0n) is 17.0. The number of benzene rings is 2. The Morgan fingerprint density at radius 2 is 1.69 bits per heavy atom. The van der Waals surface area contributed by atoms with Gasteiger partial charge < -0.3 is 9.53 Å². The minimum Gasteiger partial charge on any atom is -0.443 e. The van der Waals surface area contributed by atoms with Gasteiger partial charge in [-0.1, -0.05) is 30.3 Å². The zero-order valence-corrected chi connectivity index (χ0v) is 17.0. The van der Waals surface area contributed by atoms with E-state index in [9.17, 15) is 18.8 Å². The van der Waals surface area contributed by atoms with Crippen molar-refractivity contribution in [1.82, 2.24) is 0 Å². The van der Waals surface area contributed by atoms with E-state index in [4.69, 9.17) is 4.74 Å². The summed E-state index contributed by atoms with van der Waals surface area (Å²) in [5.41, 5.74) is -0.508. The van der Waals surface area contributed by atoms with Crippen LogP contribution in [0.25, 0.3) is 0 Å². The highest BCUT2D eigenvalue weighted by molar-refractivity contribution is 6.22. The molecule has 2 aromatic rings. The Morgan fingerprint density at radius 3 is 2.28 bits per heavy atom. The number of anilines is 1. The Balaban J connectivity index is 2.20.